The van der Waals surface area contributed by atoms with E-state index in [1.54, 1.807) is 12.1 Å². The molecule has 0 fully saturated rings. The standard InChI is InChI=1S/C15H17N3O8S/c19-5-7-26-15(20)10-17-27(23,24)12-3-4-13(14(8-12)18(21)22)16-9-11-2-1-6-25-11/h1-4,6,8,16-17,19H,5,7,9-10H2. The van der Waals surface area contributed by atoms with Gasteiger partial charge in [0, 0.05) is 6.07 Å². The molecule has 27 heavy (non-hydrogen) atoms. The van der Waals surface area contributed by atoms with E-state index in [1.165, 1.54) is 18.4 Å². The Morgan fingerprint density at radius 1 is 1.33 bits per heavy atom. The van der Waals surface area contributed by atoms with Crippen LogP contribution in [-0.4, -0.2) is 44.2 Å². The highest BCUT2D eigenvalue weighted by molar-refractivity contribution is 7.89. The van der Waals surface area contributed by atoms with Crippen LogP contribution in [0.15, 0.2) is 45.9 Å². The van der Waals surface area contributed by atoms with Crippen molar-refractivity contribution in [2.24, 2.45) is 0 Å². The maximum absolute atomic E-state index is 12.2. The summed E-state index contributed by atoms with van der Waals surface area (Å²) in [4.78, 5) is 21.5. The molecule has 12 heteroatoms. The molecule has 0 unspecified atom stereocenters. The highest BCUT2D eigenvalue weighted by Gasteiger charge is 2.22. The Labute approximate surface area is 154 Å². The number of aliphatic hydroxyl groups is 1. The van der Waals surface area contributed by atoms with Gasteiger partial charge in [0.15, 0.2) is 0 Å². The number of nitrogens with one attached hydrogen (secondary N) is 2. The molecule has 0 bridgehead atoms. The lowest BCUT2D eigenvalue weighted by Gasteiger charge is -2.09. The van der Waals surface area contributed by atoms with E-state index in [0.717, 1.165) is 6.07 Å². The summed E-state index contributed by atoms with van der Waals surface area (Å²) in [7, 11) is -4.18. The van der Waals surface area contributed by atoms with Gasteiger partial charge < -0.3 is 19.6 Å². The fourth-order valence-corrected chi connectivity index (χ4v) is 3.01. The van der Waals surface area contributed by atoms with E-state index < -0.39 is 39.8 Å². The third-order valence-electron chi connectivity index (χ3n) is 3.27. The molecular formula is C15H17N3O8S. The molecule has 0 spiro atoms. The number of nitro benzene ring substituents is 1. The summed E-state index contributed by atoms with van der Waals surface area (Å²) in [5.41, 5.74) is -0.343. The van der Waals surface area contributed by atoms with Crippen molar-refractivity contribution in [2.75, 3.05) is 25.1 Å². The smallest absolute Gasteiger partial charge is 0.321 e. The van der Waals surface area contributed by atoms with E-state index in [-0.39, 0.29) is 23.7 Å². The predicted molar refractivity (Wildman–Crippen MR) is 92.4 cm³/mol. The van der Waals surface area contributed by atoms with Crippen molar-refractivity contribution in [1.29, 1.82) is 0 Å². The zero-order chi connectivity index (χ0) is 19.9. The Morgan fingerprint density at radius 2 is 2.11 bits per heavy atom. The van der Waals surface area contributed by atoms with E-state index in [1.807, 2.05) is 4.72 Å². The predicted octanol–water partition coefficient (Wildman–Crippen LogP) is 0.614. The maximum atomic E-state index is 12.2. The Bertz CT molecular complexity index is 896. The average molecular weight is 399 g/mol. The molecule has 1 aromatic carbocycles. The minimum absolute atomic E-state index is 0.109. The van der Waals surface area contributed by atoms with Crippen molar-refractivity contribution in [3.63, 3.8) is 0 Å². The summed E-state index contributed by atoms with van der Waals surface area (Å²) in [5.74, 6) is -0.345. The summed E-state index contributed by atoms with van der Waals surface area (Å²) >= 11 is 0. The fraction of sp³-hybridized carbons (Fsp3) is 0.267. The molecule has 0 saturated carbocycles. The first-order valence-corrected chi connectivity index (χ1v) is 9.12. The SMILES string of the molecule is O=C(CNS(=O)(=O)c1ccc(NCc2ccco2)c([N+](=O)[O-])c1)OCCO. The number of aliphatic hydroxyl groups excluding tert-OH is 1. The van der Waals surface area contributed by atoms with Gasteiger partial charge in [0.1, 0.15) is 24.6 Å². The normalized spacial score (nSPS) is 11.1. The van der Waals surface area contributed by atoms with Crippen LogP contribution in [0.2, 0.25) is 0 Å². The van der Waals surface area contributed by atoms with E-state index in [2.05, 4.69) is 10.1 Å². The third-order valence-corrected chi connectivity index (χ3v) is 4.67. The topological polar surface area (TPSA) is 161 Å². The average Bonchev–Trinajstić information content (AvgIpc) is 3.16. The van der Waals surface area contributed by atoms with Gasteiger partial charge in [-0.15, -0.1) is 0 Å². The van der Waals surface area contributed by atoms with Gasteiger partial charge in [-0.3, -0.25) is 14.9 Å². The van der Waals surface area contributed by atoms with Crippen LogP contribution in [0.3, 0.4) is 0 Å². The first-order chi connectivity index (χ1) is 12.8. The number of benzene rings is 1. The first-order valence-electron chi connectivity index (χ1n) is 7.64. The highest BCUT2D eigenvalue weighted by Crippen LogP contribution is 2.28. The summed E-state index contributed by atoms with van der Waals surface area (Å²) < 4.78 is 36.1. The summed E-state index contributed by atoms with van der Waals surface area (Å²) in [5, 5.41) is 22.6. The van der Waals surface area contributed by atoms with Gasteiger partial charge in [-0.1, -0.05) is 0 Å². The molecule has 0 radical (unpaired) electrons. The molecule has 0 atom stereocenters. The Balaban J connectivity index is 2.13. The van der Waals surface area contributed by atoms with E-state index in [9.17, 15) is 23.3 Å². The molecule has 0 aliphatic carbocycles. The number of nitro groups is 1. The molecule has 0 saturated heterocycles. The van der Waals surface area contributed by atoms with Crippen molar-refractivity contribution in [2.45, 2.75) is 11.4 Å². The molecule has 0 aliphatic heterocycles. The Hall–Kier alpha value is -2.96. The molecule has 3 N–H and O–H groups in total. The third kappa shape index (κ3) is 5.77. The number of nitrogens with zero attached hydrogens (tertiary/aromatic N) is 1. The maximum Gasteiger partial charge on any atom is 0.321 e. The number of ether oxygens (including phenoxy) is 1. The monoisotopic (exact) mass is 399 g/mol. The summed E-state index contributed by atoms with van der Waals surface area (Å²) in [6.45, 7) is -1.15. The summed E-state index contributed by atoms with van der Waals surface area (Å²) in [6, 6.07) is 6.64. The molecular weight excluding hydrogens is 382 g/mol. The molecule has 1 aromatic heterocycles. The fourth-order valence-electron chi connectivity index (χ4n) is 2.02. The van der Waals surface area contributed by atoms with Crippen LogP contribution in [0.4, 0.5) is 11.4 Å². The second-order valence-corrected chi connectivity index (χ2v) is 6.90. The zero-order valence-electron chi connectivity index (χ0n) is 14.0. The minimum Gasteiger partial charge on any atom is -0.467 e. The lowest BCUT2D eigenvalue weighted by molar-refractivity contribution is -0.384. The highest BCUT2D eigenvalue weighted by atomic mass is 32.2. The largest absolute Gasteiger partial charge is 0.467 e. The van der Waals surface area contributed by atoms with Gasteiger partial charge in [0.05, 0.1) is 29.2 Å². The molecule has 0 amide bonds. The van der Waals surface area contributed by atoms with Crippen LogP contribution in [0.25, 0.3) is 0 Å². The number of hydrogen-bond donors (Lipinski definition) is 3. The van der Waals surface area contributed by atoms with Crippen LogP contribution in [0, 0.1) is 10.1 Å². The second kappa shape index (κ2) is 9.12. The number of hydrogen-bond acceptors (Lipinski definition) is 9. The van der Waals surface area contributed by atoms with Crippen molar-refractivity contribution in [3.05, 3.63) is 52.5 Å². The Kier molecular flexibility index (Phi) is 6.87. The molecule has 2 rings (SSSR count). The number of anilines is 1. The lowest BCUT2D eigenvalue weighted by atomic mass is 10.2. The van der Waals surface area contributed by atoms with Crippen LogP contribution in [-0.2, 0) is 26.1 Å². The zero-order valence-corrected chi connectivity index (χ0v) is 14.8. The van der Waals surface area contributed by atoms with Crippen LogP contribution in [0.1, 0.15) is 5.76 Å². The summed E-state index contributed by atoms with van der Waals surface area (Å²) in [6.07, 6.45) is 1.46. The molecule has 146 valence electrons. The number of carbonyl (C=O) groups is 1. The quantitative estimate of drug-likeness (QED) is 0.295. The van der Waals surface area contributed by atoms with E-state index in [0.29, 0.717) is 5.76 Å². The van der Waals surface area contributed by atoms with E-state index in [4.69, 9.17) is 9.52 Å². The molecule has 1 heterocycles. The number of rotatable bonds is 10. The number of esters is 1. The molecule has 11 nitrogen and oxygen atoms in total. The molecule has 0 aliphatic rings. The Morgan fingerprint density at radius 3 is 2.74 bits per heavy atom. The number of sulfonamides is 1. The molecule has 2 aromatic rings. The van der Waals surface area contributed by atoms with Gasteiger partial charge >= 0.3 is 5.97 Å². The van der Waals surface area contributed by atoms with Crippen molar-refractivity contribution in [1.82, 2.24) is 4.72 Å². The van der Waals surface area contributed by atoms with Crippen molar-refractivity contribution in [3.8, 4) is 0 Å². The van der Waals surface area contributed by atoms with Gasteiger partial charge in [0.25, 0.3) is 5.69 Å². The van der Waals surface area contributed by atoms with Gasteiger partial charge in [0.2, 0.25) is 10.0 Å². The van der Waals surface area contributed by atoms with Crippen molar-refractivity contribution < 1.29 is 32.4 Å². The van der Waals surface area contributed by atoms with Gasteiger partial charge in [-0.05, 0) is 24.3 Å². The second-order valence-electron chi connectivity index (χ2n) is 5.14. The van der Waals surface area contributed by atoms with Gasteiger partial charge in [-0.2, -0.15) is 4.72 Å². The van der Waals surface area contributed by atoms with Crippen LogP contribution >= 0.6 is 0 Å². The van der Waals surface area contributed by atoms with Gasteiger partial charge in [-0.25, -0.2) is 8.42 Å². The van der Waals surface area contributed by atoms with Crippen LogP contribution in [0.5, 0.6) is 0 Å². The number of furan rings is 1. The van der Waals surface area contributed by atoms with E-state index >= 15 is 0 Å². The van der Waals surface area contributed by atoms with Crippen molar-refractivity contribution >= 4 is 27.4 Å². The first kappa shape index (κ1) is 20.4. The number of carbonyl (C=O) groups excluding carboxylic acids is 1. The minimum atomic E-state index is -4.18. The lowest BCUT2D eigenvalue weighted by Crippen LogP contribution is -2.31. The van der Waals surface area contributed by atoms with Crippen LogP contribution < -0.4 is 10.0 Å².